The molecule has 0 amide bonds. The SMILES string of the molecule is FC(F)C(F)CC(Br)Sc1nccs1. The molecule has 1 nitrogen and oxygen atoms in total. The van der Waals surface area contributed by atoms with E-state index in [-0.39, 0.29) is 10.6 Å². The number of hydrogen-bond acceptors (Lipinski definition) is 3. The molecule has 0 aliphatic heterocycles. The summed E-state index contributed by atoms with van der Waals surface area (Å²) in [6.07, 6.45) is -3.59. The van der Waals surface area contributed by atoms with Crippen LogP contribution in [0.15, 0.2) is 15.9 Å². The molecule has 1 aromatic rings. The second-order valence-electron chi connectivity index (χ2n) is 2.41. The number of alkyl halides is 4. The van der Waals surface area contributed by atoms with Crippen molar-refractivity contribution in [1.82, 2.24) is 4.98 Å². The van der Waals surface area contributed by atoms with E-state index in [1.807, 2.05) is 0 Å². The van der Waals surface area contributed by atoms with Gasteiger partial charge in [-0.2, -0.15) is 0 Å². The summed E-state index contributed by atoms with van der Waals surface area (Å²) in [5.74, 6) is 0. The van der Waals surface area contributed by atoms with Gasteiger partial charge in [-0.3, -0.25) is 0 Å². The molecule has 14 heavy (non-hydrogen) atoms. The second kappa shape index (κ2) is 5.97. The third-order valence-electron chi connectivity index (χ3n) is 1.32. The summed E-state index contributed by atoms with van der Waals surface area (Å²) in [5.41, 5.74) is 0. The average molecular weight is 306 g/mol. The Kier molecular flexibility index (Phi) is 5.25. The van der Waals surface area contributed by atoms with E-state index in [1.54, 1.807) is 11.6 Å². The molecule has 0 saturated heterocycles. The predicted octanol–water partition coefficient (Wildman–Crippen LogP) is 3.95. The Morgan fingerprint density at radius 2 is 2.21 bits per heavy atom. The van der Waals surface area contributed by atoms with E-state index in [4.69, 9.17) is 0 Å². The number of nitrogens with zero attached hydrogens (tertiary/aromatic N) is 1. The van der Waals surface area contributed by atoms with Crippen molar-refractivity contribution in [2.75, 3.05) is 0 Å². The molecule has 80 valence electrons. The van der Waals surface area contributed by atoms with Gasteiger partial charge < -0.3 is 0 Å². The normalized spacial score (nSPS) is 15.8. The van der Waals surface area contributed by atoms with Crippen molar-refractivity contribution in [2.24, 2.45) is 0 Å². The minimum atomic E-state index is -2.91. The highest BCUT2D eigenvalue weighted by Crippen LogP contribution is 2.32. The molecule has 0 saturated carbocycles. The minimum Gasteiger partial charge on any atom is -0.241 e. The Bertz CT molecular complexity index is 257. The van der Waals surface area contributed by atoms with E-state index in [0.29, 0.717) is 0 Å². The van der Waals surface area contributed by atoms with Gasteiger partial charge >= 0.3 is 0 Å². The maximum absolute atomic E-state index is 12.6. The van der Waals surface area contributed by atoms with Gasteiger partial charge in [-0.25, -0.2) is 18.2 Å². The Morgan fingerprint density at radius 3 is 2.71 bits per heavy atom. The molecule has 0 N–H and O–H groups in total. The molecule has 1 heterocycles. The summed E-state index contributed by atoms with van der Waals surface area (Å²) in [7, 11) is 0. The van der Waals surface area contributed by atoms with E-state index in [0.717, 1.165) is 4.34 Å². The molecule has 0 aromatic carbocycles. The largest absolute Gasteiger partial charge is 0.269 e. The summed E-state index contributed by atoms with van der Waals surface area (Å²) < 4.78 is 36.7. The van der Waals surface area contributed by atoms with Crippen LogP contribution in [0.5, 0.6) is 0 Å². The first-order chi connectivity index (χ1) is 6.59. The maximum Gasteiger partial charge on any atom is 0.269 e. The monoisotopic (exact) mass is 305 g/mol. The van der Waals surface area contributed by atoms with Crippen LogP contribution in [0.4, 0.5) is 13.2 Å². The topological polar surface area (TPSA) is 12.9 Å². The Labute approximate surface area is 96.2 Å². The van der Waals surface area contributed by atoms with Crippen LogP contribution in [0.2, 0.25) is 0 Å². The number of thiazole rings is 1. The molecule has 1 rings (SSSR count). The van der Waals surface area contributed by atoms with Crippen LogP contribution in [0.3, 0.4) is 0 Å². The standard InChI is InChI=1S/C7H7BrF3NS2/c8-5(3-4(9)6(10)11)14-7-12-1-2-13-7/h1-2,4-6H,3H2. The Balaban J connectivity index is 2.32. The molecule has 0 aliphatic carbocycles. The van der Waals surface area contributed by atoms with Crippen molar-refractivity contribution >= 4 is 39.0 Å². The molecule has 0 bridgehead atoms. The molecule has 0 radical (unpaired) electrons. The molecule has 1 aromatic heterocycles. The average Bonchev–Trinajstić information content (AvgIpc) is 2.56. The van der Waals surface area contributed by atoms with E-state index in [2.05, 4.69) is 20.9 Å². The second-order valence-corrected chi connectivity index (χ2v) is 6.47. The zero-order valence-corrected chi connectivity index (χ0v) is 10.1. The Morgan fingerprint density at radius 1 is 1.50 bits per heavy atom. The fourth-order valence-electron chi connectivity index (χ4n) is 0.706. The van der Waals surface area contributed by atoms with Crippen LogP contribution in [-0.4, -0.2) is 21.7 Å². The smallest absolute Gasteiger partial charge is 0.241 e. The number of halogens is 4. The van der Waals surface area contributed by atoms with E-state index >= 15 is 0 Å². The third kappa shape index (κ3) is 4.18. The van der Waals surface area contributed by atoms with Gasteiger partial charge in [0.1, 0.15) is 0 Å². The zero-order valence-electron chi connectivity index (χ0n) is 6.87. The minimum absolute atomic E-state index is 0.220. The molecule has 7 heteroatoms. The van der Waals surface area contributed by atoms with Gasteiger partial charge in [0, 0.05) is 18.0 Å². The fraction of sp³-hybridized carbons (Fsp3) is 0.571. The molecule has 2 unspecified atom stereocenters. The number of aromatic nitrogens is 1. The lowest BCUT2D eigenvalue weighted by Crippen LogP contribution is -2.15. The fourth-order valence-corrected chi connectivity index (χ4v) is 3.68. The first kappa shape index (κ1) is 12.3. The maximum atomic E-state index is 12.6. The van der Waals surface area contributed by atoms with Crippen molar-refractivity contribution < 1.29 is 13.2 Å². The molecular formula is C7H7BrF3NS2. The van der Waals surface area contributed by atoms with Crippen LogP contribution >= 0.6 is 39.0 Å². The van der Waals surface area contributed by atoms with Crippen LogP contribution in [-0.2, 0) is 0 Å². The highest BCUT2D eigenvalue weighted by atomic mass is 79.9. The van der Waals surface area contributed by atoms with Crippen molar-refractivity contribution in [1.29, 1.82) is 0 Å². The van der Waals surface area contributed by atoms with Crippen molar-refractivity contribution in [3.05, 3.63) is 11.6 Å². The molecule has 0 fully saturated rings. The predicted molar refractivity (Wildman–Crippen MR) is 56.2 cm³/mol. The van der Waals surface area contributed by atoms with Gasteiger partial charge in [0.2, 0.25) is 0 Å². The van der Waals surface area contributed by atoms with Crippen LogP contribution in [0, 0.1) is 0 Å². The molecule has 0 aliphatic rings. The van der Waals surface area contributed by atoms with E-state index < -0.39 is 12.6 Å². The zero-order chi connectivity index (χ0) is 10.6. The number of thioether (sulfide) groups is 1. The number of hydrogen-bond donors (Lipinski definition) is 0. The van der Waals surface area contributed by atoms with Crippen LogP contribution < -0.4 is 0 Å². The van der Waals surface area contributed by atoms with Gasteiger partial charge in [-0.15, -0.1) is 11.3 Å². The number of rotatable bonds is 5. The highest BCUT2D eigenvalue weighted by Gasteiger charge is 2.23. The summed E-state index contributed by atoms with van der Waals surface area (Å²) in [6, 6.07) is 0. The van der Waals surface area contributed by atoms with Gasteiger partial charge in [0.15, 0.2) is 10.5 Å². The van der Waals surface area contributed by atoms with E-state index in [9.17, 15) is 13.2 Å². The quantitative estimate of drug-likeness (QED) is 0.603. The van der Waals surface area contributed by atoms with Crippen LogP contribution in [0.1, 0.15) is 6.42 Å². The first-order valence-electron chi connectivity index (χ1n) is 3.72. The van der Waals surface area contributed by atoms with Crippen LogP contribution in [0.25, 0.3) is 0 Å². The van der Waals surface area contributed by atoms with Gasteiger partial charge in [-0.1, -0.05) is 27.7 Å². The van der Waals surface area contributed by atoms with Crippen molar-refractivity contribution in [2.45, 2.75) is 27.5 Å². The summed E-state index contributed by atoms with van der Waals surface area (Å²) in [5, 5.41) is 1.78. The Hall–Kier alpha value is 0.250. The molecular weight excluding hydrogens is 299 g/mol. The lowest BCUT2D eigenvalue weighted by atomic mass is 10.3. The van der Waals surface area contributed by atoms with E-state index in [1.165, 1.54) is 23.1 Å². The lowest BCUT2D eigenvalue weighted by molar-refractivity contribution is 0.0480. The highest BCUT2D eigenvalue weighted by molar-refractivity contribution is 9.11. The first-order valence-corrected chi connectivity index (χ1v) is 6.39. The van der Waals surface area contributed by atoms with Gasteiger partial charge in [0.05, 0.1) is 4.16 Å². The summed E-state index contributed by atoms with van der Waals surface area (Å²) in [6.45, 7) is 0. The van der Waals surface area contributed by atoms with Gasteiger partial charge in [-0.05, 0) is 0 Å². The van der Waals surface area contributed by atoms with Crippen molar-refractivity contribution in [3.63, 3.8) is 0 Å². The molecule has 0 spiro atoms. The third-order valence-corrected chi connectivity index (χ3v) is 4.15. The summed E-state index contributed by atoms with van der Waals surface area (Å²) >= 11 is 5.77. The van der Waals surface area contributed by atoms with Gasteiger partial charge in [0.25, 0.3) is 6.43 Å². The summed E-state index contributed by atoms with van der Waals surface area (Å²) in [4.78, 5) is 3.95. The lowest BCUT2D eigenvalue weighted by Gasteiger charge is -2.10. The van der Waals surface area contributed by atoms with Crippen molar-refractivity contribution in [3.8, 4) is 0 Å². The molecule has 2 atom stereocenters.